The van der Waals surface area contributed by atoms with Gasteiger partial charge in [-0.1, -0.05) is 84.9 Å². The topological polar surface area (TPSA) is 117 Å². The second-order valence-electron chi connectivity index (χ2n) is 10.5. The number of alkyl carbamates (subject to hydrolysis) is 1. The molecule has 3 aromatic rings. The van der Waals surface area contributed by atoms with Gasteiger partial charge in [-0.15, -0.1) is 0 Å². The molecule has 10 heteroatoms. The molecule has 3 aromatic carbocycles. The van der Waals surface area contributed by atoms with Gasteiger partial charge in [-0.3, -0.25) is 14.4 Å². The molecule has 5 rings (SSSR count). The molecule has 0 aliphatic carbocycles. The molecule has 10 nitrogen and oxygen atoms in total. The minimum atomic E-state index is -0.963. The Balaban J connectivity index is 1.31. The lowest BCUT2D eigenvalue weighted by Crippen LogP contribution is -2.56. The maximum absolute atomic E-state index is 14.0. The number of carbonyl (C=O) groups is 4. The van der Waals surface area contributed by atoms with Crippen molar-refractivity contribution in [3.05, 3.63) is 107 Å². The van der Waals surface area contributed by atoms with Gasteiger partial charge in [0.25, 0.3) is 0 Å². The first-order valence-electron chi connectivity index (χ1n) is 14.5. The third kappa shape index (κ3) is 7.78. The van der Waals surface area contributed by atoms with Crippen molar-refractivity contribution in [1.82, 2.24) is 20.4 Å². The molecule has 0 bridgehead atoms. The second-order valence-corrected chi connectivity index (χ2v) is 10.5. The normalized spacial score (nSPS) is 16.9. The van der Waals surface area contributed by atoms with Crippen LogP contribution in [0.5, 0.6) is 0 Å². The predicted octanol–water partition coefficient (Wildman–Crippen LogP) is 2.63. The SMILES string of the molecule is O=C(NCC(=O)N1CCc2ccccc2C1C(=O)N[C@@H](Cc1ccccc1)C(=O)N1CCOCC1)OCc1ccccc1. The van der Waals surface area contributed by atoms with E-state index >= 15 is 0 Å². The smallest absolute Gasteiger partial charge is 0.407 e. The Bertz CT molecular complexity index is 1410. The molecule has 224 valence electrons. The van der Waals surface area contributed by atoms with E-state index in [2.05, 4.69) is 10.6 Å². The van der Waals surface area contributed by atoms with Crippen LogP contribution in [0.15, 0.2) is 84.9 Å². The number of fused-ring (bicyclic) bond motifs is 1. The molecule has 0 saturated carbocycles. The van der Waals surface area contributed by atoms with Crippen LogP contribution < -0.4 is 10.6 Å². The van der Waals surface area contributed by atoms with E-state index in [1.165, 1.54) is 4.90 Å². The van der Waals surface area contributed by atoms with Gasteiger partial charge in [0.2, 0.25) is 17.7 Å². The van der Waals surface area contributed by atoms with Crippen molar-refractivity contribution >= 4 is 23.8 Å². The highest BCUT2D eigenvalue weighted by molar-refractivity contribution is 5.94. The number of hydrogen-bond donors (Lipinski definition) is 2. The number of hydrogen-bond acceptors (Lipinski definition) is 6. The van der Waals surface area contributed by atoms with E-state index in [0.717, 1.165) is 16.7 Å². The Kier molecular flexibility index (Phi) is 10.0. The molecule has 1 unspecified atom stereocenters. The maximum atomic E-state index is 14.0. The van der Waals surface area contributed by atoms with E-state index < -0.39 is 30.0 Å². The lowest BCUT2D eigenvalue weighted by molar-refractivity contribution is -0.144. The Hall–Kier alpha value is -4.70. The van der Waals surface area contributed by atoms with E-state index in [1.807, 2.05) is 84.9 Å². The zero-order valence-electron chi connectivity index (χ0n) is 23.9. The van der Waals surface area contributed by atoms with Gasteiger partial charge in [0, 0.05) is 26.1 Å². The van der Waals surface area contributed by atoms with E-state index in [4.69, 9.17) is 9.47 Å². The number of nitrogens with zero attached hydrogens (tertiary/aromatic N) is 2. The highest BCUT2D eigenvalue weighted by Gasteiger charge is 2.38. The predicted molar refractivity (Wildman–Crippen MR) is 159 cm³/mol. The van der Waals surface area contributed by atoms with Gasteiger partial charge in [0.05, 0.1) is 13.2 Å². The number of morpholine rings is 1. The van der Waals surface area contributed by atoms with E-state index in [0.29, 0.717) is 44.7 Å². The molecule has 2 N–H and O–H groups in total. The minimum absolute atomic E-state index is 0.0724. The van der Waals surface area contributed by atoms with Crippen LogP contribution in [-0.2, 0) is 43.3 Å². The molecule has 43 heavy (non-hydrogen) atoms. The lowest BCUT2D eigenvalue weighted by Gasteiger charge is -2.37. The third-order valence-electron chi connectivity index (χ3n) is 7.67. The van der Waals surface area contributed by atoms with Crippen molar-refractivity contribution in [1.29, 1.82) is 0 Å². The average molecular weight is 585 g/mol. The molecule has 2 heterocycles. The fourth-order valence-corrected chi connectivity index (χ4v) is 5.45. The standard InChI is InChI=1S/C33H36N4O6/c38-29(22-34-33(41)43-23-25-11-5-2-6-12-25)37-16-15-26-13-7-8-14-27(26)30(37)31(39)35-28(21-24-9-3-1-4-10-24)32(40)36-17-19-42-20-18-36/h1-14,28,30H,15-23H2,(H,34,41)(H,35,39)/t28-,30?/m0/s1. The summed E-state index contributed by atoms with van der Waals surface area (Å²) in [5.74, 6) is -1.06. The average Bonchev–Trinajstić information content (AvgIpc) is 3.06. The van der Waals surface area contributed by atoms with Crippen LogP contribution in [-0.4, -0.2) is 79.0 Å². The van der Waals surface area contributed by atoms with Gasteiger partial charge in [-0.25, -0.2) is 4.79 Å². The first kappa shape index (κ1) is 29.8. The zero-order chi connectivity index (χ0) is 30.0. The summed E-state index contributed by atoms with van der Waals surface area (Å²) in [4.78, 5) is 56.6. The van der Waals surface area contributed by atoms with Gasteiger partial charge < -0.3 is 29.9 Å². The van der Waals surface area contributed by atoms with Crippen molar-refractivity contribution in [2.24, 2.45) is 0 Å². The number of rotatable bonds is 9. The summed E-state index contributed by atoms with van der Waals surface area (Å²) in [7, 11) is 0. The molecule has 4 amide bonds. The van der Waals surface area contributed by atoms with Gasteiger partial charge in [0.15, 0.2) is 0 Å². The Morgan fingerprint density at radius 1 is 0.837 bits per heavy atom. The summed E-state index contributed by atoms with van der Waals surface area (Å²) in [6.07, 6.45) is 0.138. The quantitative estimate of drug-likeness (QED) is 0.400. The molecular weight excluding hydrogens is 548 g/mol. The fraction of sp³-hybridized carbons (Fsp3) is 0.333. The van der Waals surface area contributed by atoms with Crippen molar-refractivity contribution in [2.45, 2.75) is 31.5 Å². The van der Waals surface area contributed by atoms with Gasteiger partial charge in [-0.2, -0.15) is 0 Å². The van der Waals surface area contributed by atoms with Crippen LogP contribution in [0, 0.1) is 0 Å². The molecule has 0 aromatic heterocycles. The molecule has 2 aliphatic rings. The number of ether oxygens (including phenoxy) is 2. The lowest BCUT2D eigenvalue weighted by atomic mass is 9.91. The van der Waals surface area contributed by atoms with Crippen LogP contribution in [0.3, 0.4) is 0 Å². The van der Waals surface area contributed by atoms with E-state index in [-0.39, 0.29) is 25.6 Å². The summed E-state index contributed by atoms with van der Waals surface area (Å²) >= 11 is 0. The third-order valence-corrected chi connectivity index (χ3v) is 7.67. The molecular formula is C33H36N4O6. The van der Waals surface area contributed by atoms with Crippen molar-refractivity contribution in [2.75, 3.05) is 39.4 Å². The summed E-state index contributed by atoms with van der Waals surface area (Å²) in [5.41, 5.74) is 3.39. The maximum Gasteiger partial charge on any atom is 0.407 e. The Morgan fingerprint density at radius 3 is 2.21 bits per heavy atom. The molecule has 0 radical (unpaired) electrons. The van der Waals surface area contributed by atoms with Crippen molar-refractivity contribution < 1.29 is 28.7 Å². The molecule has 0 spiro atoms. The van der Waals surface area contributed by atoms with Gasteiger partial charge in [0.1, 0.15) is 25.2 Å². The van der Waals surface area contributed by atoms with Crippen molar-refractivity contribution in [3.8, 4) is 0 Å². The molecule has 1 fully saturated rings. The fourth-order valence-electron chi connectivity index (χ4n) is 5.45. The highest BCUT2D eigenvalue weighted by atomic mass is 16.5. The van der Waals surface area contributed by atoms with Crippen molar-refractivity contribution in [3.63, 3.8) is 0 Å². The Morgan fingerprint density at radius 2 is 1.49 bits per heavy atom. The zero-order valence-corrected chi connectivity index (χ0v) is 23.9. The number of nitrogens with one attached hydrogen (secondary N) is 2. The first-order chi connectivity index (χ1) is 21.0. The minimum Gasteiger partial charge on any atom is -0.445 e. The second kappa shape index (κ2) is 14.5. The van der Waals surface area contributed by atoms with E-state index in [1.54, 1.807) is 4.90 Å². The van der Waals surface area contributed by atoms with Crippen LogP contribution in [0.2, 0.25) is 0 Å². The van der Waals surface area contributed by atoms with Gasteiger partial charge in [-0.05, 0) is 28.7 Å². The van der Waals surface area contributed by atoms with Crippen LogP contribution in [0.25, 0.3) is 0 Å². The molecule has 1 saturated heterocycles. The van der Waals surface area contributed by atoms with Crippen LogP contribution in [0.4, 0.5) is 4.79 Å². The van der Waals surface area contributed by atoms with Crippen LogP contribution >= 0.6 is 0 Å². The summed E-state index contributed by atoms with van der Waals surface area (Å²) in [6.45, 7) is 1.80. The molecule has 2 aliphatic heterocycles. The highest BCUT2D eigenvalue weighted by Crippen LogP contribution is 2.30. The Labute approximate surface area is 251 Å². The first-order valence-corrected chi connectivity index (χ1v) is 14.5. The van der Waals surface area contributed by atoms with Crippen LogP contribution in [0.1, 0.15) is 28.3 Å². The summed E-state index contributed by atoms with van der Waals surface area (Å²) < 4.78 is 10.7. The monoisotopic (exact) mass is 584 g/mol. The summed E-state index contributed by atoms with van der Waals surface area (Å²) in [6, 6.07) is 24.4. The summed E-state index contributed by atoms with van der Waals surface area (Å²) in [5, 5.41) is 5.50. The number of amides is 4. The molecule has 2 atom stereocenters. The van der Waals surface area contributed by atoms with E-state index in [9.17, 15) is 19.2 Å². The largest absolute Gasteiger partial charge is 0.445 e. The number of carbonyl (C=O) groups excluding carboxylic acids is 4. The number of benzene rings is 3. The van der Waals surface area contributed by atoms with Gasteiger partial charge >= 0.3 is 6.09 Å².